The van der Waals surface area contributed by atoms with Crippen molar-refractivity contribution in [3.05, 3.63) is 4.13 Å². The van der Waals surface area contributed by atoms with Crippen LogP contribution in [-0.2, 0) is 20.2 Å². The van der Waals surface area contributed by atoms with Crippen LogP contribution in [-0.4, -0.2) is 63.5 Å². The van der Waals surface area contributed by atoms with Gasteiger partial charge in [-0.15, -0.1) is 0 Å². The van der Waals surface area contributed by atoms with Gasteiger partial charge >= 0.3 is 5.51 Å². The van der Waals surface area contributed by atoms with Crippen molar-refractivity contribution in [3.63, 3.8) is 0 Å². The van der Waals surface area contributed by atoms with Crippen molar-refractivity contribution in [3.8, 4) is 0 Å². The number of nitrogens with zero attached hydrogens (tertiary/aromatic N) is 4. The highest BCUT2D eigenvalue weighted by Gasteiger charge is 2.40. The van der Waals surface area contributed by atoms with Gasteiger partial charge in [0.2, 0.25) is 0 Å². The molecule has 8 N–H and O–H groups in total. The maximum absolute atomic E-state index is 11.7. The first-order valence-corrected chi connectivity index (χ1v) is 10.0. The molecule has 0 spiro atoms. The van der Waals surface area contributed by atoms with E-state index in [1.807, 2.05) is 0 Å². The van der Waals surface area contributed by atoms with Gasteiger partial charge in [-0.2, -0.15) is 23.4 Å². The second-order valence-electron chi connectivity index (χ2n) is 6.48. The van der Waals surface area contributed by atoms with Crippen molar-refractivity contribution in [2.24, 2.45) is 21.7 Å². The highest BCUT2D eigenvalue weighted by Crippen LogP contribution is 2.30. The second kappa shape index (κ2) is 9.10. The molecule has 12 nitrogen and oxygen atoms in total. The molecule has 0 aliphatic carbocycles. The lowest BCUT2D eigenvalue weighted by Gasteiger charge is -2.25. The Balaban J connectivity index is 0. The van der Waals surface area contributed by atoms with Crippen molar-refractivity contribution in [1.82, 2.24) is 4.31 Å². The summed E-state index contributed by atoms with van der Waals surface area (Å²) in [6.45, 7) is 7.03. The fourth-order valence-electron chi connectivity index (χ4n) is 0.598. The summed E-state index contributed by atoms with van der Waals surface area (Å²) in [5, 5.41) is 18.9. The zero-order valence-electron chi connectivity index (χ0n) is 16.2. The van der Waals surface area contributed by atoms with Crippen LogP contribution in [0.25, 0.3) is 4.13 Å². The number of halogens is 3. The van der Waals surface area contributed by atoms with E-state index in [2.05, 4.69) is 10.2 Å². The average Bonchev–Trinajstić information content (AvgIpc) is 2.43. The largest absolute Gasteiger partial charge is 0.480 e. The number of azo groups is 1. The lowest BCUT2D eigenvalue weighted by Crippen LogP contribution is -2.58. The van der Waals surface area contributed by atoms with E-state index in [0.29, 0.717) is 0 Å². The maximum Gasteiger partial charge on any atom is 0.480 e. The predicted molar refractivity (Wildman–Crippen MR) is 96.2 cm³/mol. The van der Waals surface area contributed by atoms with E-state index < -0.39 is 36.8 Å². The molecular weight excluding hydrogens is 429 g/mol. The fraction of sp³-hybridized carbons (Fsp3) is 0.818. The van der Waals surface area contributed by atoms with Crippen LogP contribution in [0.5, 0.6) is 0 Å². The number of hydrogen-bond donors (Lipinski definition) is 4. The third-order valence-electron chi connectivity index (χ3n) is 2.91. The third-order valence-corrected chi connectivity index (χ3v) is 5.96. The quantitative estimate of drug-likeness (QED) is 0.181. The highest BCUT2D eigenvalue weighted by atomic mass is 32.3. The number of nitrogens with two attached hydrogens (primary N) is 4. The zero-order valence-corrected chi connectivity index (χ0v) is 17.8. The standard InChI is InChI=1S/C8H18N6.C3H6F3N2O4S2/c1-7(2,5(9)10)13-14-8(3,4)6(11)12;1-8(2)14(11,12)7-13(9,10)3(4,5)6/h1-4H3,(H3,9,10)(H3,11,12);1-2H3/q;-1/p+2. The highest BCUT2D eigenvalue weighted by molar-refractivity contribution is 8.11. The van der Waals surface area contributed by atoms with E-state index in [-0.39, 0.29) is 16.0 Å². The Hall–Kier alpha value is -1.85. The topological polar surface area (TPSA) is 214 Å². The van der Waals surface area contributed by atoms with E-state index in [1.54, 1.807) is 31.8 Å². The van der Waals surface area contributed by atoms with Crippen LogP contribution in [0, 0.1) is 0 Å². The van der Waals surface area contributed by atoms with E-state index >= 15 is 0 Å². The molecule has 0 unspecified atom stereocenters. The molecule has 0 atom stereocenters. The fourth-order valence-corrected chi connectivity index (χ4v) is 2.46. The Labute approximate surface area is 161 Å². The first-order chi connectivity index (χ1) is 12.0. The number of sulfonamides is 1. The van der Waals surface area contributed by atoms with Crippen molar-refractivity contribution in [2.75, 3.05) is 14.1 Å². The zero-order chi connectivity index (χ0) is 23.4. The first kappa shape index (κ1) is 28.4. The molecule has 0 aliphatic rings. The molecule has 166 valence electrons. The van der Waals surface area contributed by atoms with Gasteiger partial charge in [0, 0.05) is 14.1 Å². The van der Waals surface area contributed by atoms with Gasteiger partial charge in [0.25, 0.3) is 11.7 Å². The van der Waals surface area contributed by atoms with Crippen LogP contribution in [0.2, 0.25) is 0 Å². The van der Waals surface area contributed by atoms with E-state index in [9.17, 15) is 30.0 Å². The number of rotatable bonds is 7. The molecule has 0 aromatic rings. The molecule has 28 heavy (non-hydrogen) atoms. The number of alkyl halides is 3. The normalized spacial score (nSPS) is 13.9. The minimum absolute atomic E-state index is 0.202. The van der Waals surface area contributed by atoms with E-state index in [4.69, 9.17) is 22.3 Å². The van der Waals surface area contributed by atoms with Crippen LogP contribution >= 0.6 is 0 Å². The Morgan fingerprint density at radius 2 is 1.18 bits per heavy atom. The summed E-state index contributed by atoms with van der Waals surface area (Å²) in [6, 6.07) is 0. The van der Waals surface area contributed by atoms with Gasteiger partial charge in [0.1, 0.15) is 10.2 Å². The molecule has 0 aliphatic heterocycles. The molecule has 0 saturated carbocycles. The van der Waals surface area contributed by atoms with Gasteiger partial charge < -0.3 is 4.13 Å². The average molecular weight is 456 g/mol. The summed E-state index contributed by atoms with van der Waals surface area (Å²) < 4.78 is 78.9. The Morgan fingerprint density at radius 3 is 1.36 bits per heavy atom. The van der Waals surface area contributed by atoms with Crippen molar-refractivity contribution in [1.29, 1.82) is 0 Å². The summed E-state index contributed by atoms with van der Waals surface area (Å²) in [5.74, 6) is 0.403. The van der Waals surface area contributed by atoms with Crippen molar-refractivity contribution < 1.29 is 40.8 Å². The molecule has 0 bridgehead atoms. The van der Waals surface area contributed by atoms with Crippen LogP contribution in [0.15, 0.2) is 10.2 Å². The van der Waals surface area contributed by atoms with E-state index in [0.717, 1.165) is 14.1 Å². The molecule has 17 heteroatoms. The summed E-state index contributed by atoms with van der Waals surface area (Å²) in [4.78, 5) is 0. The molecule has 0 fully saturated rings. The Kier molecular flexibility index (Phi) is 9.22. The monoisotopic (exact) mass is 455 g/mol. The van der Waals surface area contributed by atoms with Gasteiger partial charge in [-0.25, -0.2) is 21.1 Å². The van der Waals surface area contributed by atoms with Crippen LogP contribution in [0.4, 0.5) is 13.2 Å². The smallest absolute Gasteiger partial charge is 0.415 e. The number of hydrogen-bond acceptors (Lipinski definition) is 6. The maximum atomic E-state index is 11.7. The van der Waals surface area contributed by atoms with Crippen LogP contribution in [0.1, 0.15) is 27.7 Å². The summed E-state index contributed by atoms with van der Waals surface area (Å²) in [7, 11) is -9.09. The first-order valence-electron chi connectivity index (χ1n) is 7.18. The lowest BCUT2D eigenvalue weighted by atomic mass is 10.1. The molecule has 0 radical (unpaired) electrons. The molecule has 0 rings (SSSR count). The summed E-state index contributed by atoms with van der Waals surface area (Å²) >= 11 is 0. The molecule has 0 amide bonds. The minimum Gasteiger partial charge on any atom is -0.415 e. The van der Waals surface area contributed by atoms with Gasteiger partial charge in [-0.1, -0.05) is 0 Å². The molecule has 0 saturated heterocycles. The predicted octanol–water partition coefficient (Wildman–Crippen LogP) is -2.76. The van der Waals surface area contributed by atoms with E-state index in [1.165, 1.54) is 0 Å². The van der Waals surface area contributed by atoms with Gasteiger partial charge in [0.15, 0.2) is 21.1 Å². The molecule has 0 aromatic heterocycles. The molecular formula is C11H26F3N8O4S2+. The van der Waals surface area contributed by atoms with Crippen molar-refractivity contribution >= 4 is 31.9 Å². The van der Waals surface area contributed by atoms with Crippen LogP contribution < -0.4 is 22.3 Å². The number of amidine groups is 2. The Bertz CT molecular complexity index is 789. The summed E-state index contributed by atoms with van der Waals surface area (Å²) in [6.07, 6.45) is 0. The van der Waals surface area contributed by atoms with Crippen LogP contribution in [0.3, 0.4) is 0 Å². The minimum atomic E-state index is -6.01. The van der Waals surface area contributed by atoms with Gasteiger partial charge in [0.05, 0.1) is 0 Å². The van der Waals surface area contributed by atoms with Gasteiger partial charge in [-0.05, 0) is 27.7 Å². The lowest BCUT2D eigenvalue weighted by molar-refractivity contribution is -0.124. The molecule has 0 aromatic carbocycles. The molecule has 0 heterocycles. The van der Waals surface area contributed by atoms with Crippen molar-refractivity contribution in [2.45, 2.75) is 44.3 Å². The summed E-state index contributed by atoms with van der Waals surface area (Å²) in [5.41, 5.74) is 3.78. The SMILES string of the molecule is CC(C)(N=NC(C)(C)C(N)=[NH2+])C(N)=[NH2+].CN(C)S(=O)(=O)[N-]S(=O)(=O)C(F)(F)F. The van der Waals surface area contributed by atoms with Gasteiger partial charge in [-0.3, -0.25) is 22.3 Å². The third kappa shape index (κ3) is 8.89. The Morgan fingerprint density at radius 1 is 0.893 bits per heavy atom. The second-order valence-corrected chi connectivity index (χ2v) is 10.1.